The van der Waals surface area contributed by atoms with Crippen LogP contribution in [-0.4, -0.2) is 28.6 Å². The molecule has 0 saturated heterocycles. The van der Waals surface area contributed by atoms with Crippen LogP contribution in [0.2, 0.25) is 0 Å². The first-order chi connectivity index (χ1) is 11.8. The number of rotatable bonds is 11. The van der Waals surface area contributed by atoms with Gasteiger partial charge in [0.2, 0.25) is 0 Å². The molecule has 0 fully saturated rings. The summed E-state index contributed by atoms with van der Waals surface area (Å²) in [6.45, 7) is 12.4. The van der Waals surface area contributed by atoms with Gasteiger partial charge in [-0.25, -0.2) is 0 Å². The smallest absolute Gasteiger partial charge is 0.256 e. The van der Waals surface area contributed by atoms with Gasteiger partial charge < -0.3 is 20.9 Å². The largest absolute Gasteiger partial charge is 0.487 e. The molecule has 4 nitrogen and oxygen atoms in total. The maximum Gasteiger partial charge on any atom is 0.256 e. The van der Waals surface area contributed by atoms with Crippen LogP contribution in [0.5, 0.6) is 0 Å². The molecule has 25 heavy (non-hydrogen) atoms. The standard InChI is InChI=1S/C15H31NOS.C3H8.CH3NOS/c1-4-5-6-7-8-9-10-11-12-16-15(18)17-13-14(2)3;1-3-2;2-1(3)4/h14H,4-13H2,1-3H3,(H,16,18);3H2,1-2H3;(H3,2,3,4). The fourth-order valence-corrected chi connectivity index (χ4v) is 1.91. The van der Waals surface area contributed by atoms with Crippen LogP contribution in [0.25, 0.3) is 0 Å². The Morgan fingerprint density at radius 1 is 0.960 bits per heavy atom. The molecule has 0 spiro atoms. The van der Waals surface area contributed by atoms with Gasteiger partial charge in [-0.05, 0) is 36.8 Å². The summed E-state index contributed by atoms with van der Waals surface area (Å²) < 4.78 is 5.40. The molecule has 0 aromatic rings. The van der Waals surface area contributed by atoms with Gasteiger partial charge in [-0.1, -0.05) is 86.0 Å². The highest BCUT2D eigenvalue weighted by molar-refractivity contribution is 7.80. The van der Waals surface area contributed by atoms with Crippen LogP contribution in [0, 0.1) is 5.92 Å². The average Bonchev–Trinajstić information content (AvgIpc) is 2.51. The lowest BCUT2D eigenvalue weighted by Crippen LogP contribution is -2.26. The van der Waals surface area contributed by atoms with Gasteiger partial charge in [0.25, 0.3) is 10.3 Å². The highest BCUT2D eigenvalue weighted by Gasteiger charge is 1.98. The number of thiocarbonyl (C=S) groups is 2. The highest BCUT2D eigenvalue weighted by atomic mass is 32.1. The summed E-state index contributed by atoms with van der Waals surface area (Å²) in [6.07, 6.45) is 12.0. The Balaban J connectivity index is -0.000000586. The molecule has 0 saturated carbocycles. The SMILES string of the molecule is CCC.CCCCCCCCCCNC(=S)OCC(C)C.NC(O)=S. The number of nitrogens with one attached hydrogen (secondary N) is 1. The first-order valence-corrected chi connectivity index (χ1v) is 10.5. The second-order valence-corrected chi connectivity index (χ2v) is 7.23. The molecule has 0 aliphatic rings. The summed E-state index contributed by atoms with van der Waals surface area (Å²) >= 11 is 8.96. The van der Waals surface area contributed by atoms with Crippen LogP contribution in [0.3, 0.4) is 0 Å². The van der Waals surface area contributed by atoms with Crippen LogP contribution in [0.15, 0.2) is 0 Å². The molecule has 0 aliphatic carbocycles. The van der Waals surface area contributed by atoms with Crippen molar-refractivity contribution in [3.05, 3.63) is 0 Å². The number of aliphatic hydroxyl groups is 1. The third-order valence-corrected chi connectivity index (χ3v) is 3.11. The summed E-state index contributed by atoms with van der Waals surface area (Å²) in [5.41, 5.74) is 4.40. The molecule has 0 unspecified atom stereocenters. The van der Waals surface area contributed by atoms with Gasteiger partial charge in [-0.3, -0.25) is 0 Å². The van der Waals surface area contributed by atoms with Crippen molar-refractivity contribution in [2.24, 2.45) is 11.7 Å². The fraction of sp³-hybridized carbons (Fsp3) is 0.895. The van der Waals surface area contributed by atoms with Gasteiger partial charge in [-0.15, -0.1) is 0 Å². The van der Waals surface area contributed by atoms with Gasteiger partial charge in [0.1, 0.15) is 0 Å². The van der Waals surface area contributed by atoms with E-state index in [9.17, 15) is 0 Å². The summed E-state index contributed by atoms with van der Waals surface area (Å²) in [5, 5.41) is 10.8. The summed E-state index contributed by atoms with van der Waals surface area (Å²) in [4.78, 5) is 0. The number of aliphatic hydroxyl groups excluding tert-OH is 1. The second kappa shape index (κ2) is 25.6. The van der Waals surface area contributed by atoms with Crippen molar-refractivity contribution in [1.29, 1.82) is 0 Å². The van der Waals surface area contributed by atoms with E-state index in [4.69, 9.17) is 22.1 Å². The molecule has 152 valence electrons. The van der Waals surface area contributed by atoms with Crippen molar-refractivity contribution in [2.75, 3.05) is 13.2 Å². The van der Waals surface area contributed by atoms with E-state index in [1.54, 1.807) is 0 Å². The molecule has 6 heteroatoms. The molecule has 0 bridgehead atoms. The Bertz CT molecular complexity index is 285. The van der Waals surface area contributed by atoms with E-state index in [-0.39, 0.29) is 0 Å². The van der Waals surface area contributed by atoms with Gasteiger partial charge >= 0.3 is 0 Å². The predicted octanol–water partition coefficient (Wildman–Crippen LogP) is 5.88. The van der Waals surface area contributed by atoms with Gasteiger partial charge in [0.05, 0.1) is 6.61 Å². The van der Waals surface area contributed by atoms with E-state index >= 15 is 0 Å². The molecule has 0 aromatic heterocycles. The summed E-state index contributed by atoms with van der Waals surface area (Å²) in [5.74, 6) is 0.535. The number of unbranched alkanes of at least 4 members (excludes halogenated alkanes) is 7. The summed E-state index contributed by atoms with van der Waals surface area (Å²) in [7, 11) is 0. The van der Waals surface area contributed by atoms with Gasteiger partial charge in [-0.2, -0.15) is 0 Å². The van der Waals surface area contributed by atoms with Crippen LogP contribution in [0.4, 0.5) is 0 Å². The van der Waals surface area contributed by atoms with Crippen LogP contribution >= 0.6 is 24.4 Å². The van der Waals surface area contributed by atoms with E-state index in [2.05, 4.69) is 57.9 Å². The summed E-state index contributed by atoms with van der Waals surface area (Å²) in [6, 6.07) is 0. The molecule has 0 rings (SSSR count). The quantitative estimate of drug-likeness (QED) is 0.300. The van der Waals surface area contributed by atoms with E-state index in [1.807, 2.05) is 0 Å². The predicted molar refractivity (Wildman–Crippen MR) is 119 cm³/mol. The zero-order chi connectivity index (χ0) is 19.9. The Labute approximate surface area is 167 Å². The zero-order valence-electron chi connectivity index (χ0n) is 17.1. The van der Waals surface area contributed by atoms with Crippen LogP contribution in [-0.2, 0) is 4.74 Å². The molecule has 0 amide bonds. The third-order valence-electron chi connectivity index (χ3n) is 2.85. The zero-order valence-corrected chi connectivity index (χ0v) is 18.7. The minimum Gasteiger partial charge on any atom is -0.487 e. The third kappa shape index (κ3) is 45.2. The van der Waals surface area contributed by atoms with Crippen LogP contribution < -0.4 is 11.1 Å². The lowest BCUT2D eigenvalue weighted by Gasteiger charge is -2.11. The van der Waals surface area contributed by atoms with Gasteiger partial charge in [0.15, 0.2) is 0 Å². The maximum atomic E-state index is 7.56. The number of nitrogens with two attached hydrogens (primary N) is 1. The van der Waals surface area contributed by atoms with Crippen molar-refractivity contribution < 1.29 is 9.84 Å². The fourth-order valence-electron chi connectivity index (χ4n) is 1.74. The Hall–Kier alpha value is -0.620. The molecule has 0 radical (unpaired) electrons. The van der Waals surface area contributed by atoms with E-state index in [0.717, 1.165) is 6.54 Å². The minimum absolute atomic E-state index is 0.500. The second-order valence-electron chi connectivity index (χ2n) is 6.44. The van der Waals surface area contributed by atoms with Crippen molar-refractivity contribution in [2.45, 2.75) is 92.4 Å². The molecule has 0 heterocycles. The van der Waals surface area contributed by atoms with Crippen LogP contribution in [0.1, 0.15) is 92.4 Å². The lowest BCUT2D eigenvalue weighted by atomic mass is 10.1. The molecule has 0 aromatic carbocycles. The number of hydrogen-bond acceptors (Lipinski definition) is 3. The molecule has 0 atom stereocenters. The van der Waals surface area contributed by atoms with E-state index < -0.39 is 5.17 Å². The van der Waals surface area contributed by atoms with E-state index in [1.165, 1.54) is 57.8 Å². The van der Waals surface area contributed by atoms with Crippen molar-refractivity contribution in [3.63, 3.8) is 0 Å². The van der Waals surface area contributed by atoms with Gasteiger partial charge in [0, 0.05) is 6.54 Å². The first-order valence-electron chi connectivity index (χ1n) is 9.70. The topological polar surface area (TPSA) is 67.5 Å². The molecular formula is C19H42N2O2S2. The Kier molecular flexibility index (Phi) is 29.9. The van der Waals surface area contributed by atoms with Crippen molar-refractivity contribution in [3.8, 4) is 0 Å². The number of ether oxygens (including phenoxy) is 1. The van der Waals surface area contributed by atoms with Crippen molar-refractivity contribution >= 4 is 34.8 Å². The van der Waals surface area contributed by atoms with Crippen molar-refractivity contribution in [1.82, 2.24) is 5.32 Å². The minimum atomic E-state index is -0.500. The normalized spacial score (nSPS) is 9.36. The Morgan fingerprint density at radius 2 is 1.36 bits per heavy atom. The van der Waals surface area contributed by atoms with E-state index in [0.29, 0.717) is 17.7 Å². The number of hydrogen-bond donors (Lipinski definition) is 3. The molecule has 0 aliphatic heterocycles. The monoisotopic (exact) mass is 394 g/mol. The first kappa shape index (κ1) is 29.2. The molecular weight excluding hydrogens is 352 g/mol. The average molecular weight is 395 g/mol. The molecule has 4 N–H and O–H groups in total. The maximum absolute atomic E-state index is 7.56. The highest BCUT2D eigenvalue weighted by Crippen LogP contribution is 2.07. The Morgan fingerprint density at radius 3 is 1.76 bits per heavy atom. The lowest BCUT2D eigenvalue weighted by molar-refractivity contribution is 0.254.